The molecule has 7 rings (SSSR count). The van der Waals surface area contributed by atoms with Crippen LogP contribution in [0.3, 0.4) is 0 Å². The summed E-state index contributed by atoms with van der Waals surface area (Å²) in [4.78, 5) is 14.7. The van der Waals surface area contributed by atoms with Crippen LogP contribution in [0.5, 0.6) is 5.75 Å². The van der Waals surface area contributed by atoms with Gasteiger partial charge in [0.2, 0.25) is 0 Å². The number of anilines is 1. The van der Waals surface area contributed by atoms with E-state index in [-0.39, 0.29) is 6.61 Å². The molecule has 0 radical (unpaired) electrons. The molecule has 10 heteroatoms. The van der Waals surface area contributed by atoms with E-state index in [1.807, 2.05) is 24.1 Å². The van der Waals surface area contributed by atoms with Crippen LogP contribution in [0.25, 0.3) is 28.0 Å². The third-order valence-corrected chi connectivity index (χ3v) is 9.79. The Morgan fingerprint density at radius 2 is 1.74 bits per heavy atom. The van der Waals surface area contributed by atoms with E-state index < -0.39 is 0 Å². The number of fused-ring (bicyclic) bond motifs is 2. The molecule has 10 nitrogen and oxygen atoms in total. The molecular formula is C37H44N8O2. The number of nitrogens with zero attached hydrogens (tertiary/aromatic N) is 8. The fraction of sp³-hybridized carbons (Fsp3) is 0.405. The number of β-amino-alcohol motifs (C(OH)–C–C–N with tert-alkyl or cyclic N) is 1. The molecule has 1 fully saturated rings. The van der Waals surface area contributed by atoms with Gasteiger partial charge >= 0.3 is 0 Å². The summed E-state index contributed by atoms with van der Waals surface area (Å²) in [6.45, 7) is 7.00. The highest BCUT2D eigenvalue weighted by Gasteiger charge is 2.30. The number of amidine groups is 1. The van der Waals surface area contributed by atoms with E-state index in [1.165, 1.54) is 33.7 Å². The van der Waals surface area contributed by atoms with Gasteiger partial charge in [-0.25, -0.2) is 9.98 Å². The topological polar surface area (TPSA) is 96.3 Å². The monoisotopic (exact) mass is 632 g/mol. The number of piperazine rings is 1. The van der Waals surface area contributed by atoms with Crippen molar-refractivity contribution in [3.05, 3.63) is 71.7 Å². The van der Waals surface area contributed by atoms with Crippen LogP contribution < -0.4 is 9.64 Å². The summed E-state index contributed by atoms with van der Waals surface area (Å²) in [7, 11) is 5.71. The minimum absolute atomic E-state index is 0.205. The zero-order valence-electron chi connectivity index (χ0n) is 27.9. The molecule has 0 bridgehead atoms. The molecule has 1 unspecified atom stereocenters. The lowest BCUT2D eigenvalue weighted by Gasteiger charge is -2.36. The first kappa shape index (κ1) is 31.1. The van der Waals surface area contributed by atoms with Gasteiger partial charge in [0.1, 0.15) is 17.3 Å². The quantitative estimate of drug-likeness (QED) is 0.288. The summed E-state index contributed by atoms with van der Waals surface area (Å²) in [5, 5.41) is 18.6. The second-order valence-electron chi connectivity index (χ2n) is 12.8. The largest absolute Gasteiger partial charge is 0.494 e. The van der Waals surface area contributed by atoms with Crippen molar-refractivity contribution in [1.29, 1.82) is 0 Å². The Morgan fingerprint density at radius 3 is 2.47 bits per heavy atom. The highest BCUT2D eigenvalue weighted by molar-refractivity contribution is 6.03. The second kappa shape index (κ2) is 13.3. The van der Waals surface area contributed by atoms with E-state index in [0.717, 1.165) is 92.5 Å². The molecule has 0 spiro atoms. The molecule has 1 atom stereocenters. The highest BCUT2D eigenvalue weighted by Crippen LogP contribution is 2.43. The van der Waals surface area contributed by atoms with Crippen molar-refractivity contribution < 1.29 is 9.84 Å². The predicted octanol–water partition coefficient (Wildman–Crippen LogP) is 5.54. The number of aliphatic hydroxyl groups excluding tert-OH is 1. The SMILES string of the molecule is COc1cc(N2CCN(CCO)CC2)ccc1N=C1CCC(C)C2=C(C=N1)CCc1nn(C)c(-c3ccc(-c4cnn(C)c4)cc3)c12. The lowest BCUT2D eigenvalue weighted by Crippen LogP contribution is -2.47. The van der Waals surface area contributed by atoms with E-state index in [1.54, 1.807) is 7.11 Å². The Kier molecular flexibility index (Phi) is 8.79. The molecular weight excluding hydrogens is 588 g/mol. The second-order valence-corrected chi connectivity index (χ2v) is 12.8. The van der Waals surface area contributed by atoms with Crippen LogP contribution in [0.15, 0.2) is 70.4 Å². The summed E-state index contributed by atoms with van der Waals surface area (Å²) < 4.78 is 9.71. The van der Waals surface area contributed by atoms with Crippen LogP contribution in [0, 0.1) is 5.92 Å². The number of allylic oxidation sites excluding steroid dienone is 2. The van der Waals surface area contributed by atoms with E-state index in [9.17, 15) is 5.11 Å². The van der Waals surface area contributed by atoms with E-state index >= 15 is 0 Å². The fourth-order valence-electron chi connectivity index (χ4n) is 7.26. The van der Waals surface area contributed by atoms with Crippen molar-refractivity contribution in [1.82, 2.24) is 24.5 Å². The van der Waals surface area contributed by atoms with Crippen LogP contribution in [0.2, 0.25) is 0 Å². The molecule has 2 aromatic carbocycles. The van der Waals surface area contributed by atoms with Crippen LogP contribution in [-0.2, 0) is 20.5 Å². The average Bonchev–Trinajstić information content (AvgIpc) is 3.67. The van der Waals surface area contributed by atoms with Crippen molar-refractivity contribution in [2.24, 2.45) is 30.0 Å². The third kappa shape index (κ3) is 6.27. The van der Waals surface area contributed by atoms with Gasteiger partial charge in [-0.15, -0.1) is 0 Å². The van der Waals surface area contributed by atoms with Gasteiger partial charge in [-0.3, -0.25) is 14.3 Å². The number of methoxy groups -OCH3 is 1. The maximum absolute atomic E-state index is 9.27. The number of aliphatic hydroxyl groups is 1. The molecule has 1 saturated heterocycles. The van der Waals surface area contributed by atoms with Crippen molar-refractivity contribution in [2.45, 2.75) is 32.6 Å². The van der Waals surface area contributed by atoms with Gasteiger partial charge < -0.3 is 14.7 Å². The predicted molar refractivity (Wildman–Crippen MR) is 189 cm³/mol. The smallest absolute Gasteiger partial charge is 0.146 e. The third-order valence-electron chi connectivity index (χ3n) is 9.79. The van der Waals surface area contributed by atoms with Crippen molar-refractivity contribution in [3.8, 4) is 28.1 Å². The highest BCUT2D eigenvalue weighted by atomic mass is 16.5. The maximum atomic E-state index is 9.27. The summed E-state index contributed by atoms with van der Waals surface area (Å²) in [6, 6.07) is 15.0. The van der Waals surface area contributed by atoms with Gasteiger partial charge in [0, 0.05) is 94.1 Å². The van der Waals surface area contributed by atoms with Crippen LogP contribution >= 0.6 is 0 Å². The zero-order valence-corrected chi connectivity index (χ0v) is 27.9. The number of benzene rings is 2. The maximum Gasteiger partial charge on any atom is 0.146 e. The Labute approximate surface area is 276 Å². The Morgan fingerprint density at radius 1 is 0.957 bits per heavy atom. The van der Waals surface area contributed by atoms with Gasteiger partial charge in [0.05, 0.1) is 31.3 Å². The Bertz CT molecular complexity index is 1840. The van der Waals surface area contributed by atoms with Crippen molar-refractivity contribution in [3.63, 3.8) is 0 Å². The van der Waals surface area contributed by atoms with Gasteiger partial charge in [0.25, 0.3) is 0 Å². The molecule has 1 N–H and O–H groups in total. The van der Waals surface area contributed by atoms with Crippen LogP contribution in [0.4, 0.5) is 11.4 Å². The first-order valence-electron chi connectivity index (χ1n) is 16.7. The number of hydrogen-bond acceptors (Lipinski definition) is 7. The molecule has 4 heterocycles. The molecule has 0 amide bonds. The minimum Gasteiger partial charge on any atom is -0.494 e. The first-order chi connectivity index (χ1) is 22.9. The van der Waals surface area contributed by atoms with Gasteiger partial charge in [-0.1, -0.05) is 31.2 Å². The van der Waals surface area contributed by atoms with E-state index in [2.05, 4.69) is 82.2 Å². The summed E-state index contributed by atoms with van der Waals surface area (Å²) in [5.74, 6) is 1.91. The standard InChI is InChI=1S/C37H44N8O2/c1-25-5-14-34(40-31-13-11-30(21-33(31)47-4)45-17-15-44(16-18-45)19-20-46)38-22-28-10-12-32-36(35(25)28)37(43(3)41-32)27-8-6-26(7-9-27)29-23-39-42(2)24-29/h6-9,11,13,21-25,46H,5,10,12,14-20H2,1-4H3. The minimum atomic E-state index is 0.205. The summed E-state index contributed by atoms with van der Waals surface area (Å²) in [5.41, 5.74) is 11.6. The molecule has 2 aromatic heterocycles. The van der Waals surface area contributed by atoms with Crippen LogP contribution in [-0.4, -0.2) is 88.1 Å². The zero-order chi connectivity index (χ0) is 32.5. The Hall–Kier alpha value is -4.54. The molecule has 3 aliphatic rings. The van der Waals surface area contributed by atoms with Gasteiger partial charge in [-0.2, -0.15) is 10.2 Å². The fourth-order valence-corrected chi connectivity index (χ4v) is 7.26. The number of rotatable bonds is 7. The summed E-state index contributed by atoms with van der Waals surface area (Å²) >= 11 is 0. The number of aromatic nitrogens is 4. The number of aliphatic imine (C=N–C) groups is 2. The first-order valence-corrected chi connectivity index (χ1v) is 16.7. The Balaban J connectivity index is 1.16. The molecule has 4 aromatic rings. The van der Waals surface area contributed by atoms with Crippen LogP contribution in [0.1, 0.15) is 37.4 Å². The lowest BCUT2D eigenvalue weighted by molar-refractivity contribution is 0.189. The van der Waals surface area contributed by atoms with Crippen molar-refractivity contribution >= 4 is 29.0 Å². The summed E-state index contributed by atoms with van der Waals surface area (Å²) in [6.07, 6.45) is 9.54. The molecule has 2 aliphatic heterocycles. The van der Waals surface area contributed by atoms with E-state index in [0.29, 0.717) is 5.92 Å². The molecule has 0 saturated carbocycles. The molecule has 47 heavy (non-hydrogen) atoms. The normalized spacial score (nSPS) is 19.5. The van der Waals surface area contributed by atoms with E-state index in [4.69, 9.17) is 19.8 Å². The van der Waals surface area contributed by atoms with Gasteiger partial charge in [-0.05, 0) is 54.0 Å². The number of aryl methyl sites for hydroxylation is 3. The van der Waals surface area contributed by atoms with Crippen molar-refractivity contribution in [2.75, 3.05) is 51.3 Å². The molecule has 244 valence electrons. The average molecular weight is 633 g/mol. The number of ether oxygens (including phenoxy) is 1. The lowest BCUT2D eigenvalue weighted by atomic mass is 9.79. The van der Waals surface area contributed by atoms with Gasteiger partial charge in [0.15, 0.2) is 0 Å². The molecule has 1 aliphatic carbocycles. The number of hydrogen-bond donors (Lipinski definition) is 1.